The van der Waals surface area contributed by atoms with Crippen LogP contribution in [0.25, 0.3) is 0 Å². The van der Waals surface area contributed by atoms with Gasteiger partial charge in [-0.15, -0.1) is 17.3 Å². The summed E-state index contributed by atoms with van der Waals surface area (Å²) < 4.78 is 9.65. The monoisotopic (exact) mass is 323 g/mol. The first-order valence-electron chi connectivity index (χ1n) is 7.83. The van der Waals surface area contributed by atoms with Crippen molar-refractivity contribution in [2.24, 2.45) is 5.18 Å². The zero-order valence-corrected chi connectivity index (χ0v) is 15.1. The zero-order valence-electron chi connectivity index (χ0n) is 15.1. The first-order valence-corrected chi connectivity index (χ1v) is 7.83. The van der Waals surface area contributed by atoms with Gasteiger partial charge in [0.25, 0.3) is 0 Å². The Morgan fingerprint density at radius 3 is 2.04 bits per heavy atom. The summed E-state index contributed by atoms with van der Waals surface area (Å²) in [6.45, 7) is 12.0. The molecule has 0 heterocycles. The van der Waals surface area contributed by atoms with Gasteiger partial charge in [-0.3, -0.25) is 0 Å². The van der Waals surface area contributed by atoms with Crippen LogP contribution in [-0.4, -0.2) is 12.8 Å². The fourth-order valence-corrected chi connectivity index (χ4v) is 1.00. The summed E-state index contributed by atoms with van der Waals surface area (Å²) in [6, 6.07) is 5.89. The zero-order chi connectivity index (χ0) is 18.5. The Balaban J connectivity index is -0.000000496. The molecular weight excluding hydrogens is 294 g/mol. The summed E-state index contributed by atoms with van der Waals surface area (Å²) in [5.74, 6) is 2.58. The molecule has 0 unspecified atom stereocenters. The van der Waals surface area contributed by atoms with Crippen molar-refractivity contribution < 1.29 is 14.3 Å². The van der Waals surface area contributed by atoms with Gasteiger partial charge in [0, 0.05) is 0 Å². The quantitative estimate of drug-likeness (QED) is 0.216. The molecule has 1 rings (SSSR count). The molecule has 0 aromatic heterocycles. The summed E-state index contributed by atoms with van der Waals surface area (Å²) in [5.41, 5.74) is 0.284. The lowest BCUT2D eigenvalue weighted by atomic mass is 10.3. The van der Waals surface area contributed by atoms with Crippen molar-refractivity contribution in [3.8, 4) is 18.1 Å². The molecule has 0 amide bonds. The number of unbranched alkanes of at least 4 members (excludes halogenated alkanes) is 1. The fourth-order valence-electron chi connectivity index (χ4n) is 1.00. The van der Waals surface area contributed by atoms with Crippen molar-refractivity contribution in [2.75, 3.05) is 6.61 Å². The molecule has 0 saturated carbocycles. The van der Waals surface area contributed by atoms with E-state index in [1.807, 2.05) is 34.6 Å². The first-order chi connectivity index (χ1) is 11.2. The molecule has 1 aromatic carbocycles. The number of carbonyl (C=O) groups is 1. The lowest BCUT2D eigenvalue weighted by molar-refractivity contribution is 0.0978. The maximum absolute atomic E-state index is 11.1. The van der Waals surface area contributed by atoms with Crippen molar-refractivity contribution >= 4 is 11.8 Å². The van der Waals surface area contributed by atoms with E-state index in [0.717, 1.165) is 12.8 Å². The number of nitrogens with zero attached hydrogens (tertiary/aromatic N) is 1. The molecular formula is C18H29NO4. The predicted molar refractivity (Wildman–Crippen MR) is 96.0 cm³/mol. The van der Waals surface area contributed by atoms with Crippen molar-refractivity contribution in [1.82, 2.24) is 0 Å². The number of nitroso groups, excluding NO2 is 1. The number of terminal acetylenes is 1. The third-order valence-electron chi connectivity index (χ3n) is 1.86. The van der Waals surface area contributed by atoms with Gasteiger partial charge >= 0.3 is 6.16 Å². The average molecular weight is 323 g/mol. The highest BCUT2D eigenvalue weighted by Gasteiger charge is 2.05. The number of carbonyl (C=O) groups excluding carboxylic acids is 1. The summed E-state index contributed by atoms with van der Waals surface area (Å²) in [6.07, 6.45) is 5.62. The minimum absolute atomic E-state index is 0.284. The van der Waals surface area contributed by atoms with Crippen LogP contribution in [0.1, 0.15) is 54.4 Å². The van der Waals surface area contributed by atoms with Crippen LogP contribution in [0.2, 0.25) is 0 Å². The molecule has 0 aliphatic rings. The molecule has 0 spiro atoms. The van der Waals surface area contributed by atoms with E-state index >= 15 is 0 Å². The van der Waals surface area contributed by atoms with Gasteiger partial charge in [0.05, 0.1) is 6.61 Å². The smallest absolute Gasteiger partial charge is 0.434 e. The second-order valence-electron chi connectivity index (χ2n) is 3.43. The Labute approximate surface area is 140 Å². The van der Waals surface area contributed by atoms with Gasteiger partial charge in [0.15, 0.2) is 0 Å². The molecule has 0 aliphatic heterocycles. The Morgan fingerprint density at radius 1 is 1.17 bits per heavy atom. The highest BCUT2D eigenvalue weighted by atomic mass is 16.7. The first kappa shape index (κ1) is 25.6. The van der Waals surface area contributed by atoms with Crippen LogP contribution in [0.4, 0.5) is 10.5 Å². The van der Waals surface area contributed by atoms with E-state index in [0.29, 0.717) is 12.4 Å². The van der Waals surface area contributed by atoms with Gasteiger partial charge in [0.2, 0.25) is 0 Å². The molecule has 0 bridgehead atoms. The summed E-state index contributed by atoms with van der Waals surface area (Å²) in [4.78, 5) is 21.2. The summed E-state index contributed by atoms with van der Waals surface area (Å²) in [5, 5.41) is 2.73. The van der Waals surface area contributed by atoms with Crippen LogP contribution in [0, 0.1) is 17.3 Å². The molecule has 5 nitrogen and oxygen atoms in total. The molecule has 0 aliphatic carbocycles. The van der Waals surface area contributed by atoms with Crippen LogP contribution in [0.5, 0.6) is 5.75 Å². The Kier molecular flexibility index (Phi) is 24.4. The van der Waals surface area contributed by atoms with Gasteiger partial charge < -0.3 is 9.47 Å². The lowest BCUT2D eigenvalue weighted by Crippen LogP contribution is -2.11. The minimum Gasteiger partial charge on any atom is -0.434 e. The van der Waals surface area contributed by atoms with E-state index in [4.69, 9.17) is 9.47 Å². The molecule has 0 fully saturated rings. The van der Waals surface area contributed by atoms with Crippen LogP contribution < -0.4 is 4.74 Å². The van der Waals surface area contributed by atoms with Gasteiger partial charge in [-0.05, 0) is 42.8 Å². The lowest BCUT2D eigenvalue weighted by Gasteiger charge is -2.04. The van der Waals surface area contributed by atoms with E-state index < -0.39 is 6.16 Å². The van der Waals surface area contributed by atoms with Crippen molar-refractivity contribution in [3.63, 3.8) is 0 Å². The standard InChI is InChI=1S/C11H13NO4.C3H4.2C2H6/c1-2-3-8-15-11(13)16-10-6-4-9(12-14)5-7-10;1-3-2;2*1-2/h4-7H,2-3,8H2,1H3;1H,2H3;2*1-2H3. The van der Waals surface area contributed by atoms with E-state index in [1.165, 1.54) is 24.3 Å². The molecule has 130 valence electrons. The molecule has 23 heavy (non-hydrogen) atoms. The van der Waals surface area contributed by atoms with E-state index in [-0.39, 0.29) is 5.69 Å². The normalized spacial score (nSPS) is 7.52. The number of hydrogen-bond acceptors (Lipinski definition) is 5. The number of benzene rings is 1. The SMILES string of the molecule is C#CC.CC.CC.CCCCOC(=O)Oc1ccc(N=O)cc1. The molecule has 0 radical (unpaired) electrons. The highest BCUT2D eigenvalue weighted by molar-refractivity contribution is 5.64. The van der Waals surface area contributed by atoms with Crippen LogP contribution >= 0.6 is 0 Å². The Bertz CT molecular complexity index is 422. The topological polar surface area (TPSA) is 65.0 Å². The van der Waals surface area contributed by atoms with Crippen molar-refractivity contribution in [1.29, 1.82) is 0 Å². The van der Waals surface area contributed by atoms with Crippen LogP contribution in [0.15, 0.2) is 29.4 Å². The molecule has 1 aromatic rings. The van der Waals surface area contributed by atoms with E-state index in [1.54, 1.807) is 6.92 Å². The third-order valence-corrected chi connectivity index (χ3v) is 1.86. The molecule has 0 atom stereocenters. The van der Waals surface area contributed by atoms with Crippen molar-refractivity contribution in [3.05, 3.63) is 29.2 Å². The van der Waals surface area contributed by atoms with Crippen LogP contribution in [-0.2, 0) is 4.74 Å². The predicted octanol–water partition coefficient (Wildman–Crippen LogP) is 6.09. The van der Waals surface area contributed by atoms with E-state index in [9.17, 15) is 9.70 Å². The highest BCUT2D eigenvalue weighted by Crippen LogP contribution is 2.17. The van der Waals surface area contributed by atoms with E-state index in [2.05, 4.69) is 17.5 Å². The molecule has 0 saturated heterocycles. The van der Waals surface area contributed by atoms with Gasteiger partial charge in [-0.2, -0.15) is 0 Å². The minimum atomic E-state index is -0.736. The fraction of sp³-hybridized carbons (Fsp3) is 0.500. The van der Waals surface area contributed by atoms with Crippen LogP contribution in [0.3, 0.4) is 0 Å². The number of rotatable bonds is 5. The summed E-state index contributed by atoms with van der Waals surface area (Å²) in [7, 11) is 0. The maximum Gasteiger partial charge on any atom is 0.513 e. The summed E-state index contributed by atoms with van der Waals surface area (Å²) >= 11 is 0. The Morgan fingerprint density at radius 2 is 1.65 bits per heavy atom. The molecule has 0 N–H and O–H groups in total. The van der Waals surface area contributed by atoms with Gasteiger partial charge in [-0.25, -0.2) is 4.79 Å². The maximum atomic E-state index is 11.1. The van der Waals surface area contributed by atoms with Gasteiger partial charge in [-0.1, -0.05) is 41.0 Å². The van der Waals surface area contributed by atoms with Crippen molar-refractivity contribution in [2.45, 2.75) is 54.4 Å². The average Bonchev–Trinajstić information content (AvgIpc) is 2.60. The molecule has 5 heteroatoms. The number of ether oxygens (including phenoxy) is 2. The second kappa shape index (κ2) is 21.9. The largest absolute Gasteiger partial charge is 0.513 e. The number of hydrogen-bond donors (Lipinski definition) is 0. The second-order valence-corrected chi connectivity index (χ2v) is 3.43. The third kappa shape index (κ3) is 17.6. The van der Waals surface area contributed by atoms with Gasteiger partial charge in [0.1, 0.15) is 11.4 Å². The Hall–Kier alpha value is -2.35.